The van der Waals surface area contributed by atoms with Gasteiger partial charge in [-0.15, -0.1) is 0 Å². The van der Waals surface area contributed by atoms with E-state index in [-0.39, 0.29) is 0 Å². The van der Waals surface area contributed by atoms with Crippen molar-refractivity contribution in [2.75, 3.05) is 0 Å². The van der Waals surface area contributed by atoms with Gasteiger partial charge in [0, 0.05) is 22.4 Å². The number of nitrogens with zero attached hydrogens (tertiary/aromatic N) is 1. The maximum absolute atomic E-state index is 4.85. The van der Waals surface area contributed by atoms with Gasteiger partial charge in [-0.1, -0.05) is 78.9 Å². The quantitative estimate of drug-likeness (QED) is 0.192. The van der Waals surface area contributed by atoms with Crippen LogP contribution in [0.3, 0.4) is 0 Å². The summed E-state index contributed by atoms with van der Waals surface area (Å²) in [6.45, 7) is 0. The number of rotatable bonds is 0. The third kappa shape index (κ3) is 1.99. The van der Waals surface area contributed by atoms with E-state index in [0.29, 0.717) is 0 Å². The molecule has 0 N–H and O–H groups in total. The minimum atomic E-state index is 1.08. The number of benzene rings is 6. The lowest BCUT2D eigenvalue weighted by Crippen LogP contribution is -1.90. The lowest BCUT2D eigenvalue weighted by atomic mass is 9.88. The summed E-state index contributed by atoms with van der Waals surface area (Å²) in [6, 6.07) is 35.1. The van der Waals surface area contributed by atoms with Gasteiger partial charge in [0.05, 0.1) is 5.52 Å². The van der Waals surface area contributed by atoms with Gasteiger partial charge in [0.1, 0.15) is 0 Å². The standard InChI is InChI=1S/C29H17N/c1-2-9-19-17-26-25(16-18(19)8-1)28-23-13-6-4-11-21(23)20-10-3-5-12-22(20)27(28)24-14-7-15-30-29(24)26/h1-17H. The molecule has 0 aliphatic carbocycles. The fourth-order valence-corrected chi connectivity index (χ4v) is 5.17. The molecule has 1 aromatic heterocycles. The van der Waals surface area contributed by atoms with Crippen molar-refractivity contribution in [1.29, 1.82) is 0 Å². The van der Waals surface area contributed by atoms with Crippen LogP contribution in [-0.2, 0) is 0 Å². The Kier molecular flexibility index (Phi) is 3.06. The van der Waals surface area contributed by atoms with Crippen molar-refractivity contribution in [2.24, 2.45) is 0 Å². The Labute approximate surface area is 173 Å². The van der Waals surface area contributed by atoms with E-state index in [4.69, 9.17) is 4.98 Å². The van der Waals surface area contributed by atoms with Gasteiger partial charge in [0.25, 0.3) is 0 Å². The van der Waals surface area contributed by atoms with E-state index in [1.165, 1.54) is 59.2 Å². The van der Waals surface area contributed by atoms with Gasteiger partial charge in [-0.2, -0.15) is 0 Å². The molecule has 0 bridgehead atoms. The fourth-order valence-electron chi connectivity index (χ4n) is 5.17. The molecule has 7 aromatic rings. The molecule has 0 radical (unpaired) electrons. The molecule has 138 valence electrons. The largest absolute Gasteiger partial charge is 0.256 e. The van der Waals surface area contributed by atoms with E-state index in [1.807, 2.05) is 6.20 Å². The molecule has 1 nitrogen and oxygen atoms in total. The van der Waals surface area contributed by atoms with Crippen LogP contribution in [0.5, 0.6) is 0 Å². The van der Waals surface area contributed by atoms with Crippen LogP contribution in [0.4, 0.5) is 0 Å². The van der Waals surface area contributed by atoms with Crippen LogP contribution >= 0.6 is 0 Å². The first kappa shape index (κ1) is 15.9. The monoisotopic (exact) mass is 379 g/mol. The predicted octanol–water partition coefficient (Wildman–Crippen LogP) is 8.00. The van der Waals surface area contributed by atoms with E-state index in [0.717, 1.165) is 5.52 Å². The molecule has 0 aliphatic heterocycles. The van der Waals surface area contributed by atoms with E-state index in [9.17, 15) is 0 Å². The fraction of sp³-hybridized carbons (Fsp3) is 0. The lowest BCUT2D eigenvalue weighted by molar-refractivity contribution is 1.43. The molecule has 7 rings (SSSR count). The normalized spacial score (nSPS) is 12.0. The highest BCUT2D eigenvalue weighted by Gasteiger charge is 2.16. The van der Waals surface area contributed by atoms with Crippen LogP contribution in [0.25, 0.3) is 64.8 Å². The lowest BCUT2D eigenvalue weighted by Gasteiger charge is -2.16. The summed E-state index contributed by atoms with van der Waals surface area (Å²) in [7, 11) is 0. The Morgan fingerprint density at radius 2 is 0.900 bits per heavy atom. The average Bonchev–Trinajstić information content (AvgIpc) is 2.82. The van der Waals surface area contributed by atoms with Crippen LogP contribution in [0.15, 0.2) is 103 Å². The second-order valence-electron chi connectivity index (χ2n) is 7.99. The Hall–Kier alpha value is -3.97. The van der Waals surface area contributed by atoms with Gasteiger partial charge in [-0.3, -0.25) is 4.98 Å². The molecular formula is C29H17N. The first-order chi connectivity index (χ1) is 14.9. The highest BCUT2D eigenvalue weighted by atomic mass is 14.6. The van der Waals surface area contributed by atoms with Gasteiger partial charge in [0.2, 0.25) is 0 Å². The molecule has 0 spiro atoms. The van der Waals surface area contributed by atoms with Crippen molar-refractivity contribution in [1.82, 2.24) is 4.98 Å². The van der Waals surface area contributed by atoms with Gasteiger partial charge >= 0.3 is 0 Å². The number of hydrogen-bond donors (Lipinski definition) is 0. The molecule has 6 aromatic carbocycles. The average molecular weight is 379 g/mol. The molecule has 0 fully saturated rings. The van der Waals surface area contributed by atoms with Crippen LogP contribution in [-0.4, -0.2) is 4.98 Å². The van der Waals surface area contributed by atoms with Gasteiger partial charge < -0.3 is 0 Å². The molecule has 0 amide bonds. The summed E-state index contributed by atoms with van der Waals surface area (Å²) < 4.78 is 0. The topological polar surface area (TPSA) is 12.9 Å². The van der Waals surface area contributed by atoms with Crippen molar-refractivity contribution in [2.45, 2.75) is 0 Å². The Balaban J connectivity index is 1.94. The zero-order valence-corrected chi connectivity index (χ0v) is 16.3. The SMILES string of the molecule is c1ccc2cc3c(cc2c1)c1ncccc1c1c2ccccc2c2ccccc2c31. The summed E-state index contributed by atoms with van der Waals surface area (Å²) in [5, 5.41) is 14.0. The zero-order chi connectivity index (χ0) is 19.7. The molecule has 0 aliphatic rings. The summed E-state index contributed by atoms with van der Waals surface area (Å²) in [4.78, 5) is 4.85. The Morgan fingerprint density at radius 1 is 0.400 bits per heavy atom. The van der Waals surface area contributed by atoms with Gasteiger partial charge in [-0.05, 0) is 61.3 Å². The molecule has 30 heavy (non-hydrogen) atoms. The first-order valence-electron chi connectivity index (χ1n) is 10.3. The third-order valence-electron chi connectivity index (χ3n) is 6.42. The molecular weight excluding hydrogens is 362 g/mol. The number of fused-ring (bicyclic) bond motifs is 12. The van der Waals surface area contributed by atoms with Crippen molar-refractivity contribution in [3.8, 4) is 0 Å². The predicted molar refractivity (Wildman–Crippen MR) is 129 cm³/mol. The second-order valence-corrected chi connectivity index (χ2v) is 7.99. The Morgan fingerprint density at radius 3 is 1.57 bits per heavy atom. The zero-order valence-electron chi connectivity index (χ0n) is 16.3. The number of hydrogen-bond acceptors (Lipinski definition) is 1. The summed E-state index contributed by atoms with van der Waals surface area (Å²) >= 11 is 0. The van der Waals surface area contributed by atoms with Crippen LogP contribution < -0.4 is 0 Å². The van der Waals surface area contributed by atoms with Gasteiger partial charge in [-0.25, -0.2) is 0 Å². The van der Waals surface area contributed by atoms with Crippen molar-refractivity contribution in [3.05, 3.63) is 103 Å². The number of aromatic nitrogens is 1. The minimum Gasteiger partial charge on any atom is -0.256 e. The smallest absolute Gasteiger partial charge is 0.0787 e. The van der Waals surface area contributed by atoms with Crippen LogP contribution in [0.2, 0.25) is 0 Å². The molecule has 0 atom stereocenters. The summed E-state index contributed by atoms with van der Waals surface area (Å²) in [5.74, 6) is 0. The second kappa shape index (κ2) is 5.77. The molecule has 0 saturated carbocycles. The maximum atomic E-state index is 4.85. The van der Waals surface area contributed by atoms with Crippen molar-refractivity contribution < 1.29 is 0 Å². The summed E-state index contributed by atoms with van der Waals surface area (Å²) in [6.07, 6.45) is 1.91. The minimum absolute atomic E-state index is 1.08. The highest BCUT2D eigenvalue weighted by molar-refractivity contribution is 6.39. The molecule has 0 unspecified atom stereocenters. The van der Waals surface area contributed by atoms with Crippen LogP contribution in [0.1, 0.15) is 0 Å². The summed E-state index contributed by atoms with van der Waals surface area (Å²) in [5.41, 5.74) is 1.08. The van der Waals surface area contributed by atoms with E-state index >= 15 is 0 Å². The van der Waals surface area contributed by atoms with Gasteiger partial charge in [0.15, 0.2) is 0 Å². The van der Waals surface area contributed by atoms with E-state index in [1.54, 1.807) is 0 Å². The van der Waals surface area contributed by atoms with E-state index < -0.39 is 0 Å². The molecule has 0 saturated heterocycles. The van der Waals surface area contributed by atoms with E-state index in [2.05, 4.69) is 97.1 Å². The molecule has 1 heteroatoms. The van der Waals surface area contributed by atoms with Crippen LogP contribution in [0, 0.1) is 0 Å². The molecule has 1 heterocycles. The maximum Gasteiger partial charge on any atom is 0.0787 e. The Bertz CT molecular complexity index is 1780. The third-order valence-corrected chi connectivity index (χ3v) is 6.42. The van der Waals surface area contributed by atoms with Crippen molar-refractivity contribution in [3.63, 3.8) is 0 Å². The highest BCUT2D eigenvalue weighted by Crippen LogP contribution is 2.43. The number of pyridine rings is 1. The first-order valence-corrected chi connectivity index (χ1v) is 10.3. The van der Waals surface area contributed by atoms with Crippen molar-refractivity contribution >= 4 is 64.8 Å².